The molecule has 0 amide bonds. The second-order valence-corrected chi connectivity index (χ2v) is 4.99. The molecule has 1 heterocycles. The third kappa shape index (κ3) is 3.14. The van der Waals surface area contributed by atoms with Gasteiger partial charge in [-0.1, -0.05) is 30.3 Å². The number of ketones is 1. The minimum atomic E-state index is -0.890. The number of nitrogens with zero attached hydrogens (tertiary/aromatic N) is 1. The highest BCUT2D eigenvalue weighted by Crippen LogP contribution is 2.22. The molecule has 0 aliphatic carbocycles. The molecule has 0 radical (unpaired) electrons. The van der Waals surface area contributed by atoms with Crippen LogP contribution in [0.25, 0.3) is 0 Å². The first-order valence-corrected chi connectivity index (χ1v) is 6.10. The second-order valence-electron chi connectivity index (χ2n) is 4.99. The Kier molecular flexibility index (Phi) is 3.60. The molecular weight excluding hydrogens is 214 g/mol. The first-order chi connectivity index (χ1) is 8.08. The Morgan fingerprint density at radius 1 is 1.35 bits per heavy atom. The SMILES string of the molecule is CC(O)(CN1CCCC(=O)C1)c1ccccc1. The summed E-state index contributed by atoms with van der Waals surface area (Å²) in [5.74, 6) is 0.278. The van der Waals surface area contributed by atoms with Crippen molar-refractivity contribution in [2.45, 2.75) is 25.4 Å². The van der Waals surface area contributed by atoms with E-state index in [0.29, 0.717) is 19.5 Å². The van der Waals surface area contributed by atoms with Crippen molar-refractivity contribution in [3.05, 3.63) is 35.9 Å². The molecule has 17 heavy (non-hydrogen) atoms. The lowest BCUT2D eigenvalue weighted by molar-refractivity contribution is -0.123. The minimum Gasteiger partial charge on any atom is -0.384 e. The number of carbonyl (C=O) groups is 1. The summed E-state index contributed by atoms with van der Waals surface area (Å²) in [6, 6.07) is 9.62. The predicted molar refractivity (Wildman–Crippen MR) is 66.7 cm³/mol. The molecule has 1 aliphatic heterocycles. The van der Waals surface area contributed by atoms with Gasteiger partial charge in [0.15, 0.2) is 0 Å². The van der Waals surface area contributed by atoms with Crippen LogP contribution in [0.2, 0.25) is 0 Å². The fourth-order valence-electron chi connectivity index (χ4n) is 2.37. The highest BCUT2D eigenvalue weighted by molar-refractivity contribution is 5.81. The van der Waals surface area contributed by atoms with E-state index >= 15 is 0 Å². The van der Waals surface area contributed by atoms with Gasteiger partial charge in [-0.2, -0.15) is 0 Å². The zero-order valence-corrected chi connectivity index (χ0v) is 10.2. The number of likely N-dealkylation sites (tertiary alicyclic amines) is 1. The van der Waals surface area contributed by atoms with Crippen LogP contribution in [0.1, 0.15) is 25.3 Å². The van der Waals surface area contributed by atoms with Gasteiger partial charge in [0.1, 0.15) is 5.78 Å². The molecule has 1 unspecified atom stereocenters. The average Bonchev–Trinajstić information content (AvgIpc) is 2.29. The van der Waals surface area contributed by atoms with Crippen LogP contribution in [0, 0.1) is 0 Å². The van der Waals surface area contributed by atoms with Gasteiger partial charge in [-0.05, 0) is 25.5 Å². The number of hydrogen-bond donors (Lipinski definition) is 1. The fourth-order valence-corrected chi connectivity index (χ4v) is 2.37. The second kappa shape index (κ2) is 4.98. The van der Waals surface area contributed by atoms with E-state index in [0.717, 1.165) is 18.5 Å². The van der Waals surface area contributed by atoms with E-state index in [9.17, 15) is 9.90 Å². The molecule has 0 aromatic heterocycles. The lowest BCUT2D eigenvalue weighted by Crippen LogP contribution is -2.44. The predicted octanol–water partition coefficient (Wildman–Crippen LogP) is 1.56. The smallest absolute Gasteiger partial charge is 0.146 e. The molecule has 3 heteroatoms. The van der Waals surface area contributed by atoms with E-state index in [1.54, 1.807) is 6.92 Å². The number of carbonyl (C=O) groups excluding carboxylic acids is 1. The van der Waals surface area contributed by atoms with Crippen molar-refractivity contribution in [2.24, 2.45) is 0 Å². The summed E-state index contributed by atoms with van der Waals surface area (Å²) in [5.41, 5.74) is 0.0109. The summed E-state index contributed by atoms with van der Waals surface area (Å²) in [6.07, 6.45) is 1.59. The Labute approximate surface area is 102 Å². The average molecular weight is 233 g/mol. The van der Waals surface area contributed by atoms with Crippen LogP contribution in [0.5, 0.6) is 0 Å². The molecule has 1 fully saturated rings. The highest BCUT2D eigenvalue weighted by Gasteiger charge is 2.28. The topological polar surface area (TPSA) is 40.5 Å². The zero-order valence-electron chi connectivity index (χ0n) is 10.2. The maximum absolute atomic E-state index is 11.4. The molecule has 0 saturated carbocycles. The van der Waals surface area contributed by atoms with Gasteiger partial charge in [0.05, 0.1) is 12.1 Å². The lowest BCUT2D eigenvalue weighted by Gasteiger charge is -2.33. The monoisotopic (exact) mass is 233 g/mol. The summed E-state index contributed by atoms with van der Waals surface area (Å²) in [5, 5.41) is 10.5. The number of Topliss-reactive ketones (excluding diaryl/α,β-unsaturated/α-hetero) is 1. The van der Waals surface area contributed by atoms with Crippen LogP contribution < -0.4 is 0 Å². The van der Waals surface area contributed by atoms with Crippen LogP contribution in [0.15, 0.2) is 30.3 Å². The van der Waals surface area contributed by atoms with Crippen molar-refractivity contribution >= 4 is 5.78 Å². The molecular formula is C14H19NO2. The minimum absolute atomic E-state index is 0.278. The molecule has 0 spiro atoms. The molecule has 1 aromatic rings. The number of piperidine rings is 1. The van der Waals surface area contributed by atoms with Crippen LogP contribution in [0.3, 0.4) is 0 Å². The molecule has 1 aromatic carbocycles. The zero-order chi connectivity index (χ0) is 12.3. The van der Waals surface area contributed by atoms with Crippen LogP contribution >= 0.6 is 0 Å². The van der Waals surface area contributed by atoms with Crippen LogP contribution in [0.4, 0.5) is 0 Å². The van der Waals surface area contributed by atoms with Crippen molar-refractivity contribution in [3.8, 4) is 0 Å². The van der Waals surface area contributed by atoms with Gasteiger partial charge in [-0.3, -0.25) is 9.69 Å². The molecule has 0 bridgehead atoms. The van der Waals surface area contributed by atoms with E-state index in [1.807, 2.05) is 35.2 Å². The first kappa shape index (κ1) is 12.3. The van der Waals surface area contributed by atoms with Crippen molar-refractivity contribution in [3.63, 3.8) is 0 Å². The summed E-state index contributed by atoms with van der Waals surface area (Å²) in [7, 11) is 0. The fraction of sp³-hybridized carbons (Fsp3) is 0.500. The van der Waals surface area contributed by atoms with Crippen molar-refractivity contribution in [1.82, 2.24) is 4.90 Å². The number of aliphatic hydroxyl groups is 1. The van der Waals surface area contributed by atoms with E-state index in [2.05, 4.69) is 0 Å². The van der Waals surface area contributed by atoms with E-state index in [4.69, 9.17) is 0 Å². The van der Waals surface area contributed by atoms with Gasteiger partial charge in [0.25, 0.3) is 0 Å². The van der Waals surface area contributed by atoms with Gasteiger partial charge < -0.3 is 5.11 Å². The molecule has 1 N–H and O–H groups in total. The number of β-amino-alcohol motifs (C(OH)–C–C–N with tert-alkyl or cyclic N) is 1. The number of hydrogen-bond acceptors (Lipinski definition) is 3. The summed E-state index contributed by atoms with van der Waals surface area (Å²) in [4.78, 5) is 13.4. The van der Waals surface area contributed by atoms with Gasteiger partial charge in [0, 0.05) is 13.0 Å². The van der Waals surface area contributed by atoms with E-state index < -0.39 is 5.60 Å². The largest absolute Gasteiger partial charge is 0.384 e. The number of rotatable bonds is 3. The van der Waals surface area contributed by atoms with E-state index in [-0.39, 0.29) is 5.78 Å². The molecule has 3 nitrogen and oxygen atoms in total. The maximum atomic E-state index is 11.4. The summed E-state index contributed by atoms with van der Waals surface area (Å²) < 4.78 is 0. The third-order valence-corrected chi connectivity index (χ3v) is 3.26. The number of benzene rings is 1. The van der Waals surface area contributed by atoms with Crippen molar-refractivity contribution in [2.75, 3.05) is 19.6 Å². The van der Waals surface area contributed by atoms with Crippen molar-refractivity contribution in [1.29, 1.82) is 0 Å². The lowest BCUT2D eigenvalue weighted by atomic mass is 9.94. The Balaban J connectivity index is 2.04. The Bertz CT molecular complexity index is 386. The maximum Gasteiger partial charge on any atom is 0.146 e. The van der Waals surface area contributed by atoms with Crippen LogP contribution in [-0.4, -0.2) is 35.4 Å². The van der Waals surface area contributed by atoms with Gasteiger partial charge in [-0.25, -0.2) is 0 Å². The quantitative estimate of drug-likeness (QED) is 0.861. The molecule has 1 atom stereocenters. The Hall–Kier alpha value is -1.19. The molecule has 1 aliphatic rings. The Morgan fingerprint density at radius 3 is 2.71 bits per heavy atom. The molecule has 1 saturated heterocycles. The third-order valence-electron chi connectivity index (χ3n) is 3.26. The van der Waals surface area contributed by atoms with Gasteiger partial charge in [-0.15, -0.1) is 0 Å². The van der Waals surface area contributed by atoms with Crippen LogP contribution in [-0.2, 0) is 10.4 Å². The van der Waals surface area contributed by atoms with Gasteiger partial charge in [0.2, 0.25) is 0 Å². The van der Waals surface area contributed by atoms with Gasteiger partial charge >= 0.3 is 0 Å². The summed E-state index contributed by atoms with van der Waals surface area (Å²) in [6.45, 7) is 3.70. The Morgan fingerprint density at radius 2 is 2.06 bits per heavy atom. The van der Waals surface area contributed by atoms with Crippen molar-refractivity contribution < 1.29 is 9.90 Å². The standard InChI is InChI=1S/C14H19NO2/c1-14(17,12-6-3-2-4-7-12)11-15-9-5-8-13(16)10-15/h2-4,6-7,17H,5,8-11H2,1H3. The normalized spacial score (nSPS) is 21.2. The summed E-state index contributed by atoms with van der Waals surface area (Å²) >= 11 is 0. The molecule has 2 rings (SSSR count). The first-order valence-electron chi connectivity index (χ1n) is 6.10. The van der Waals surface area contributed by atoms with E-state index in [1.165, 1.54) is 0 Å². The highest BCUT2D eigenvalue weighted by atomic mass is 16.3. The molecule has 92 valence electrons.